The number of nitrogens with zero attached hydrogens (tertiary/aromatic N) is 2. The highest BCUT2D eigenvalue weighted by Crippen LogP contribution is 2.21. The summed E-state index contributed by atoms with van der Waals surface area (Å²) in [7, 11) is 0. The molecule has 0 saturated carbocycles. The van der Waals surface area contributed by atoms with E-state index in [1.165, 1.54) is 0 Å². The first-order chi connectivity index (χ1) is 6.38. The number of alkyl halides is 1. The van der Waals surface area contributed by atoms with Crippen LogP contribution in [0.15, 0.2) is 49.1 Å². The number of imidazole rings is 1. The molecule has 0 N–H and O–H groups in total. The van der Waals surface area contributed by atoms with Gasteiger partial charge in [-0.2, -0.15) is 0 Å². The van der Waals surface area contributed by atoms with Crippen molar-refractivity contribution in [3.63, 3.8) is 0 Å². The van der Waals surface area contributed by atoms with Crippen LogP contribution in [0.4, 0.5) is 0 Å². The monoisotopic (exact) mass is 192 g/mol. The molecular weight excluding hydrogens is 184 g/mol. The second kappa shape index (κ2) is 3.62. The number of rotatable bonds is 2. The quantitative estimate of drug-likeness (QED) is 0.669. The molecule has 2 aromatic rings. The van der Waals surface area contributed by atoms with Crippen LogP contribution in [0.1, 0.15) is 11.1 Å². The number of benzene rings is 1. The Morgan fingerprint density at radius 1 is 1.23 bits per heavy atom. The molecule has 66 valence electrons. The molecule has 0 fully saturated rings. The lowest BCUT2D eigenvalue weighted by Crippen LogP contribution is -2.00. The largest absolute Gasteiger partial charge is 0.316 e. The minimum atomic E-state index is -0.163. The third-order valence-electron chi connectivity index (χ3n) is 1.86. The average Bonchev–Trinajstić information content (AvgIpc) is 2.71. The van der Waals surface area contributed by atoms with Gasteiger partial charge in [0.05, 0.1) is 6.33 Å². The van der Waals surface area contributed by atoms with Gasteiger partial charge in [-0.15, -0.1) is 0 Å². The Labute approximate surface area is 81.8 Å². The van der Waals surface area contributed by atoms with Crippen LogP contribution in [-0.2, 0) is 0 Å². The Hall–Kier alpha value is -1.28. The van der Waals surface area contributed by atoms with Gasteiger partial charge in [0, 0.05) is 12.4 Å². The van der Waals surface area contributed by atoms with Crippen molar-refractivity contribution in [2.75, 3.05) is 0 Å². The van der Waals surface area contributed by atoms with E-state index in [0.717, 1.165) is 5.56 Å². The van der Waals surface area contributed by atoms with E-state index in [1.807, 2.05) is 41.1 Å². The zero-order valence-electron chi connectivity index (χ0n) is 6.97. The van der Waals surface area contributed by atoms with E-state index in [-0.39, 0.29) is 5.50 Å². The van der Waals surface area contributed by atoms with Gasteiger partial charge in [0.25, 0.3) is 0 Å². The number of halogens is 1. The van der Waals surface area contributed by atoms with E-state index in [1.54, 1.807) is 12.5 Å². The van der Waals surface area contributed by atoms with Crippen LogP contribution in [0.3, 0.4) is 0 Å². The maximum atomic E-state index is 6.20. The number of hydrogen-bond acceptors (Lipinski definition) is 1. The second-order valence-corrected chi connectivity index (χ2v) is 3.17. The Bertz CT molecular complexity index is 356. The first-order valence-electron chi connectivity index (χ1n) is 4.04. The molecule has 0 amide bonds. The predicted molar refractivity (Wildman–Crippen MR) is 52.7 cm³/mol. The van der Waals surface area contributed by atoms with E-state index in [4.69, 9.17) is 11.6 Å². The lowest BCUT2D eigenvalue weighted by molar-refractivity contribution is 0.764. The first-order valence-corrected chi connectivity index (χ1v) is 4.48. The van der Waals surface area contributed by atoms with E-state index >= 15 is 0 Å². The number of aromatic nitrogens is 2. The van der Waals surface area contributed by atoms with Crippen molar-refractivity contribution in [2.45, 2.75) is 5.50 Å². The molecule has 3 heteroatoms. The van der Waals surface area contributed by atoms with Crippen LogP contribution in [0.2, 0.25) is 0 Å². The van der Waals surface area contributed by atoms with Crippen molar-refractivity contribution < 1.29 is 0 Å². The molecule has 0 aliphatic rings. The summed E-state index contributed by atoms with van der Waals surface area (Å²) in [5.41, 5.74) is 0.908. The summed E-state index contributed by atoms with van der Waals surface area (Å²) in [6.45, 7) is 0. The van der Waals surface area contributed by atoms with Gasteiger partial charge in [0.1, 0.15) is 5.50 Å². The van der Waals surface area contributed by atoms with Gasteiger partial charge in [-0.3, -0.25) is 0 Å². The lowest BCUT2D eigenvalue weighted by atomic mass is 10.2. The molecule has 1 unspecified atom stereocenters. The van der Waals surface area contributed by atoms with Gasteiger partial charge < -0.3 is 4.57 Å². The van der Waals surface area contributed by atoms with Crippen molar-refractivity contribution in [2.24, 2.45) is 0 Å². The van der Waals surface area contributed by atoms with Crippen LogP contribution >= 0.6 is 11.6 Å². The van der Waals surface area contributed by atoms with Crippen molar-refractivity contribution in [1.29, 1.82) is 0 Å². The standard InChI is InChI=1S/C10H9ClN2/c11-10(13-7-6-12-8-13)9-4-2-1-3-5-9/h1-8,10H. The Balaban J connectivity index is 2.29. The van der Waals surface area contributed by atoms with Gasteiger partial charge in [-0.05, 0) is 5.56 Å². The number of hydrogen-bond donors (Lipinski definition) is 0. The smallest absolute Gasteiger partial charge is 0.134 e. The highest BCUT2D eigenvalue weighted by atomic mass is 35.5. The van der Waals surface area contributed by atoms with Gasteiger partial charge >= 0.3 is 0 Å². The van der Waals surface area contributed by atoms with Gasteiger partial charge in [-0.25, -0.2) is 4.98 Å². The molecule has 2 rings (SSSR count). The van der Waals surface area contributed by atoms with E-state index in [9.17, 15) is 0 Å². The Morgan fingerprint density at radius 3 is 2.62 bits per heavy atom. The SMILES string of the molecule is ClC(c1ccccc1)n1ccnc1. The fourth-order valence-corrected chi connectivity index (χ4v) is 1.45. The van der Waals surface area contributed by atoms with Gasteiger partial charge in [0.15, 0.2) is 0 Å². The predicted octanol–water partition coefficient (Wildman–Crippen LogP) is 2.67. The molecule has 0 saturated heterocycles. The highest BCUT2D eigenvalue weighted by molar-refractivity contribution is 6.20. The summed E-state index contributed by atoms with van der Waals surface area (Å²) < 4.78 is 1.86. The van der Waals surface area contributed by atoms with Crippen LogP contribution in [0, 0.1) is 0 Å². The summed E-state index contributed by atoms with van der Waals surface area (Å²) in [5, 5.41) is 0. The van der Waals surface area contributed by atoms with Crippen LogP contribution in [-0.4, -0.2) is 9.55 Å². The van der Waals surface area contributed by atoms with Crippen molar-refractivity contribution >= 4 is 11.6 Å². The topological polar surface area (TPSA) is 17.8 Å². The fraction of sp³-hybridized carbons (Fsp3) is 0.100. The molecule has 1 heterocycles. The average molecular weight is 193 g/mol. The molecule has 2 nitrogen and oxygen atoms in total. The molecule has 0 bridgehead atoms. The zero-order chi connectivity index (χ0) is 9.10. The molecule has 0 aliphatic carbocycles. The molecule has 1 aromatic heterocycles. The van der Waals surface area contributed by atoms with Crippen LogP contribution < -0.4 is 0 Å². The van der Waals surface area contributed by atoms with Crippen molar-refractivity contribution in [1.82, 2.24) is 9.55 Å². The Kier molecular flexibility index (Phi) is 2.32. The minimum absolute atomic E-state index is 0.163. The van der Waals surface area contributed by atoms with Crippen LogP contribution in [0.5, 0.6) is 0 Å². The van der Waals surface area contributed by atoms with Gasteiger partial charge in [-0.1, -0.05) is 41.9 Å². The first kappa shape index (κ1) is 8.32. The summed E-state index contributed by atoms with van der Waals surface area (Å²) in [6, 6.07) is 9.92. The summed E-state index contributed by atoms with van der Waals surface area (Å²) in [4.78, 5) is 3.95. The third-order valence-corrected chi connectivity index (χ3v) is 2.34. The van der Waals surface area contributed by atoms with Crippen LogP contribution in [0.25, 0.3) is 0 Å². The summed E-state index contributed by atoms with van der Waals surface area (Å²) >= 11 is 6.20. The lowest BCUT2D eigenvalue weighted by Gasteiger charge is -2.10. The van der Waals surface area contributed by atoms with E-state index in [2.05, 4.69) is 4.98 Å². The normalized spacial score (nSPS) is 12.7. The molecule has 0 radical (unpaired) electrons. The third kappa shape index (κ3) is 1.73. The maximum absolute atomic E-state index is 6.20. The van der Waals surface area contributed by atoms with E-state index < -0.39 is 0 Å². The maximum Gasteiger partial charge on any atom is 0.134 e. The molecule has 13 heavy (non-hydrogen) atoms. The molecule has 1 aromatic carbocycles. The van der Waals surface area contributed by atoms with Gasteiger partial charge in [0.2, 0.25) is 0 Å². The molecule has 1 atom stereocenters. The highest BCUT2D eigenvalue weighted by Gasteiger charge is 2.07. The van der Waals surface area contributed by atoms with Crippen molar-refractivity contribution in [3.8, 4) is 0 Å². The molecule has 0 spiro atoms. The second-order valence-electron chi connectivity index (χ2n) is 2.76. The molecular formula is C10H9ClN2. The van der Waals surface area contributed by atoms with Crippen molar-refractivity contribution in [3.05, 3.63) is 54.6 Å². The molecule has 0 aliphatic heterocycles. The van der Waals surface area contributed by atoms with E-state index in [0.29, 0.717) is 0 Å². The fourth-order valence-electron chi connectivity index (χ4n) is 1.19. The summed E-state index contributed by atoms with van der Waals surface area (Å²) in [6.07, 6.45) is 5.29. The Morgan fingerprint density at radius 2 is 2.00 bits per heavy atom. The minimum Gasteiger partial charge on any atom is -0.316 e. The zero-order valence-corrected chi connectivity index (χ0v) is 7.72. The summed E-state index contributed by atoms with van der Waals surface area (Å²) in [5.74, 6) is 0.